The Bertz CT molecular complexity index is 1190. The van der Waals surface area contributed by atoms with Gasteiger partial charge in [0.05, 0.1) is 6.61 Å². The standard InChI is InChI=1S/C26H25F2N3O5/c1-3-31(17(2)33)23(24(27)28)22(26(35)30-36)29-25(34)21-14-12-19(13-15-21)7-5-4-6-18-8-10-20(16-32)11-9-18/h8-15,22-24,32,36H,3,16H2,1-2H3,(H,29,34)(H,30,35). The lowest BCUT2D eigenvalue weighted by molar-refractivity contribution is -0.142. The molecule has 2 unspecified atom stereocenters. The average Bonchev–Trinajstić information content (AvgIpc) is 2.88. The van der Waals surface area contributed by atoms with Crippen LogP contribution in [0.25, 0.3) is 0 Å². The number of benzene rings is 2. The monoisotopic (exact) mass is 497 g/mol. The van der Waals surface area contributed by atoms with Crippen molar-refractivity contribution in [1.82, 2.24) is 15.7 Å². The summed E-state index contributed by atoms with van der Waals surface area (Å²) in [5.74, 6) is 8.16. The van der Waals surface area contributed by atoms with Gasteiger partial charge in [-0.25, -0.2) is 14.3 Å². The molecule has 0 saturated heterocycles. The summed E-state index contributed by atoms with van der Waals surface area (Å²) in [4.78, 5) is 37.3. The molecule has 8 nitrogen and oxygen atoms in total. The second kappa shape index (κ2) is 13.6. The van der Waals surface area contributed by atoms with Crippen LogP contribution in [0.4, 0.5) is 8.78 Å². The van der Waals surface area contributed by atoms with E-state index in [2.05, 4.69) is 29.0 Å². The van der Waals surface area contributed by atoms with Crippen molar-refractivity contribution >= 4 is 17.7 Å². The molecule has 3 amide bonds. The molecule has 0 aromatic heterocycles. The minimum Gasteiger partial charge on any atom is -0.392 e. The Morgan fingerprint density at radius 1 is 0.972 bits per heavy atom. The Kier molecular flexibility index (Phi) is 10.6. The highest BCUT2D eigenvalue weighted by Crippen LogP contribution is 2.16. The topological polar surface area (TPSA) is 119 Å². The highest BCUT2D eigenvalue weighted by molar-refractivity contribution is 5.98. The molecule has 188 valence electrons. The number of rotatable bonds is 8. The van der Waals surface area contributed by atoms with Crippen LogP contribution in [-0.2, 0) is 16.2 Å². The maximum absolute atomic E-state index is 13.8. The lowest BCUT2D eigenvalue weighted by Crippen LogP contribution is -2.61. The first-order valence-electron chi connectivity index (χ1n) is 10.8. The van der Waals surface area contributed by atoms with Gasteiger partial charge in [-0.15, -0.1) is 0 Å². The van der Waals surface area contributed by atoms with E-state index in [4.69, 9.17) is 10.3 Å². The van der Waals surface area contributed by atoms with Crippen LogP contribution in [0.5, 0.6) is 0 Å². The van der Waals surface area contributed by atoms with E-state index >= 15 is 0 Å². The predicted molar refractivity (Wildman–Crippen MR) is 127 cm³/mol. The number of carbonyl (C=O) groups is 3. The largest absolute Gasteiger partial charge is 0.392 e. The number of nitrogens with zero attached hydrogens (tertiary/aromatic N) is 1. The summed E-state index contributed by atoms with van der Waals surface area (Å²) in [5, 5.41) is 20.2. The van der Waals surface area contributed by atoms with Crippen LogP contribution in [0.2, 0.25) is 0 Å². The Labute approximate surface area is 207 Å². The molecule has 0 fully saturated rings. The summed E-state index contributed by atoms with van der Waals surface area (Å²) in [7, 11) is 0. The molecule has 4 N–H and O–H groups in total. The first kappa shape index (κ1) is 28.0. The maximum Gasteiger partial charge on any atom is 0.268 e. The number of aliphatic hydroxyl groups is 1. The van der Waals surface area contributed by atoms with E-state index in [0.717, 1.165) is 23.0 Å². The number of aliphatic hydroxyl groups excluding tert-OH is 1. The minimum absolute atomic E-state index is 0.0465. The zero-order valence-electron chi connectivity index (χ0n) is 19.6. The van der Waals surface area contributed by atoms with Crippen LogP contribution in [0.1, 0.15) is 40.9 Å². The number of amides is 3. The van der Waals surface area contributed by atoms with Crippen molar-refractivity contribution < 1.29 is 33.5 Å². The molecule has 2 atom stereocenters. The van der Waals surface area contributed by atoms with Gasteiger partial charge in [0.15, 0.2) is 0 Å². The van der Waals surface area contributed by atoms with Crippen molar-refractivity contribution in [2.75, 3.05) is 6.54 Å². The third kappa shape index (κ3) is 7.64. The van der Waals surface area contributed by atoms with Gasteiger partial charge in [-0.05, 0) is 60.7 Å². The zero-order valence-corrected chi connectivity index (χ0v) is 19.6. The minimum atomic E-state index is -3.18. The summed E-state index contributed by atoms with van der Waals surface area (Å²) in [5.41, 5.74) is 3.33. The van der Waals surface area contributed by atoms with Crippen LogP contribution < -0.4 is 10.8 Å². The molecule has 36 heavy (non-hydrogen) atoms. The summed E-state index contributed by atoms with van der Waals surface area (Å²) in [6.07, 6.45) is -3.18. The van der Waals surface area contributed by atoms with E-state index in [0.29, 0.717) is 5.56 Å². The fourth-order valence-electron chi connectivity index (χ4n) is 3.31. The first-order valence-corrected chi connectivity index (χ1v) is 10.8. The number of hydrogen-bond acceptors (Lipinski definition) is 5. The molecule has 2 aromatic carbocycles. The maximum atomic E-state index is 13.8. The van der Waals surface area contributed by atoms with Crippen molar-refractivity contribution in [3.05, 3.63) is 70.8 Å². The molecule has 2 aromatic rings. The summed E-state index contributed by atoms with van der Waals surface area (Å²) in [6.45, 7) is 2.31. The molecule has 0 spiro atoms. The van der Waals surface area contributed by atoms with Crippen molar-refractivity contribution in [2.24, 2.45) is 0 Å². The SMILES string of the molecule is CCN(C(C)=O)C(C(F)F)C(NC(=O)c1ccc(C#CC#Cc2ccc(CO)cc2)cc1)C(=O)NO. The fraction of sp³-hybridized carbons (Fsp3) is 0.269. The molecule has 0 heterocycles. The van der Waals surface area contributed by atoms with Crippen LogP contribution in [0.15, 0.2) is 48.5 Å². The molecule has 2 rings (SSSR count). The van der Waals surface area contributed by atoms with E-state index in [1.807, 2.05) is 0 Å². The van der Waals surface area contributed by atoms with Gasteiger partial charge in [0, 0.05) is 30.2 Å². The molecule has 0 radical (unpaired) electrons. The van der Waals surface area contributed by atoms with Gasteiger partial charge in [-0.3, -0.25) is 19.6 Å². The number of likely N-dealkylation sites (N-methyl/N-ethyl adjacent to an activating group) is 1. The second-order valence-electron chi connectivity index (χ2n) is 7.49. The van der Waals surface area contributed by atoms with E-state index < -0.39 is 36.2 Å². The summed E-state index contributed by atoms with van der Waals surface area (Å²) >= 11 is 0. The summed E-state index contributed by atoms with van der Waals surface area (Å²) in [6, 6.07) is 8.90. The van der Waals surface area contributed by atoms with Gasteiger partial charge in [0.1, 0.15) is 12.1 Å². The van der Waals surface area contributed by atoms with Gasteiger partial charge >= 0.3 is 0 Å². The van der Waals surface area contributed by atoms with Crippen LogP contribution in [0, 0.1) is 23.7 Å². The number of hydrogen-bond donors (Lipinski definition) is 4. The van der Waals surface area contributed by atoms with Crippen LogP contribution >= 0.6 is 0 Å². The van der Waals surface area contributed by atoms with Crippen molar-refractivity contribution in [3.63, 3.8) is 0 Å². The quantitative estimate of drug-likeness (QED) is 0.252. The Hall–Kier alpha value is -4.25. The van der Waals surface area contributed by atoms with Gasteiger partial charge in [0.25, 0.3) is 18.2 Å². The normalized spacial score (nSPS) is 11.8. The van der Waals surface area contributed by atoms with E-state index in [1.54, 1.807) is 24.3 Å². The van der Waals surface area contributed by atoms with Gasteiger partial charge in [-0.2, -0.15) is 0 Å². The van der Waals surface area contributed by atoms with Crippen molar-refractivity contribution in [2.45, 2.75) is 39.0 Å². The number of hydroxylamine groups is 1. The zero-order chi connectivity index (χ0) is 26.7. The molecule has 0 aliphatic heterocycles. The second-order valence-corrected chi connectivity index (χ2v) is 7.49. The highest BCUT2D eigenvalue weighted by Gasteiger charge is 2.41. The Morgan fingerprint density at radius 2 is 1.50 bits per heavy atom. The Morgan fingerprint density at radius 3 is 1.92 bits per heavy atom. The summed E-state index contributed by atoms with van der Waals surface area (Å²) < 4.78 is 27.6. The third-order valence-electron chi connectivity index (χ3n) is 5.14. The molecular formula is C26H25F2N3O5. The van der Waals surface area contributed by atoms with E-state index in [-0.39, 0.29) is 18.7 Å². The number of carbonyl (C=O) groups excluding carboxylic acids is 3. The smallest absolute Gasteiger partial charge is 0.268 e. The Balaban J connectivity index is 2.16. The first-order chi connectivity index (χ1) is 17.2. The molecule has 0 aliphatic carbocycles. The number of nitrogens with one attached hydrogen (secondary N) is 2. The van der Waals surface area contributed by atoms with E-state index in [9.17, 15) is 23.2 Å². The average molecular weight is 497 g/mol. The van der Waals surface area contributed by atoms with Gasteiger partial charge < -0.3 is 15.3 Å². The third-order valence-corrected chi connectivity index (χ3v) is 5.14. The highest BCUT2D eigenvalue weighted by atomic mass is 19.3. The number of alkyl halides is 2. The predicted octanol–water partition coefficient (Wildman–Crippen LogP) is 1.69. The number of halogens is 2. The van der Waals surface area contributed by atoms with Crippen LogP contribution in [0.3, 0.4) is 0 Å². The van der Waals surface area contributed by atoms with E-state index in [1.165, 1.54) is 36.7 Å². The van der Waals surface area contributed by atoms with Gasteiger partial charge in [-0.1, -0.05) is 24.0 Å². The molecule has 10 heteroatoms. The lowest BCUT2D eigenvalue weighted by atomic mass is 10.0. The van der Waals surface area contributed by atoms with Crippen molar-refractivity contribution in [1.29, 1.82) is 0 Å². The lowest BCUT2D eigenvalue weighted by Gasteiger charge is -2.34. The molecule has 0 bridgehead atoms. The van der Waals surface area contributed by atoms with Gasteiger partial charge in [0.2, 0.25) is 5.91 Å². The van der Waals surface area contributed by atoms with Crippen molar-refractivity contribution in [3.8, 4) is 23.7 Å². The molecule has 0 saturated carbocycles. The molecule has 0 aliphatic rings. The fourth-order valence-corrected chi connectivity index (χ4v) is 3.31. The molecular weight excluding hydrogens is 472 g/mol. The van der Waals surface area contributed by atoms with Crippen LogP contribution in [-0.4, -0.2) is 58.0 Å².